The molecule has 1 aliphatic carbocycles. The summed E-state index contributed by atoms with van der Waals surface area (Å²) in [6.07, 6.45) is 5.65. The first-order valence-corrected chi connectivity index (χ1v) is 8.73. The van der Waals surface area contributed by atoms with E-state index in [-0.39, 0.29) is 16.2 Å². The first kappa shape index (κ1) is 16.0. The number of aryl methyl sites for hydroxylation is 1. The van der Waals surface area contributed by atoms with Gasteiger partial charge in [0.15, 0.2) is 0 Å². The predicted octanol–water partition coefficient (Wildman–Crippen LogP) is 2.19. The molecular weight excluding hydrogens is 292 g/mol. The maximum atomic E-state index is 12.4. The van der Waals surface area contributed by atoms with Gasteiger partial charge in [0, 0.05) is 17.8 Å². The smallest absolute Gasteiger partial charge is 0.352 e. The van der Waals surface area contributed by atoms with Crippen LogP contribution >= 0.6 is 0 Å². The molecule has 6 nitrogen and oxygen atoms in total. The molecule has 7 heteroatoms. The molecule has 0 aliphatic heterocycles. The van der Waals surface area contributed by atoms with E-state index in [1.807, 2.05) is 0 Å². The van der Waals surface area contributed by atoms with Crippen LogP contribution in [-0.4, -0.2) is 31.0 Å². The summed E-state index contributed by atoms with van der Waals surface area (Å²) in [6.45, 7) is 3.49. The molecule has 0 radical (unpaired) electrons. The van der Waals surface area contributed by atoms with Crippen molar-refractivity contribution in [2.45, 2.75) is 50.8 Å². The van der Waals surface area contributed by atoms with Gasteiger partial charge in [-0.25, -0.2) is 17.9 Å². The van der Waals surface area contributed by atoms with Gasteiger partial charge in [0.2, 0.25) is 10.0 Å². The summed E-state index contributed by atoms with van der Waals surface area (Å²) < 4.78 is 27.3. The fourth-order valence-corrected chi connectivity index (χ4v) is 4.61. The van der Waals surface area contributed by atoms with E-state index in [1.54, 1.807) is 6.92 Å². The van der Waals surface area contributed by atoms with Gasteiger partial charge in [0.25, 0.3) is 0 Å². The molecular formula is C14H22N2O4S. The summed E-state index contributed by atoms with van der Waals surface area (Å²) in [5, 5.41) is 9.04. The van der Waals surface area contributed by atoms with Crippen molar-refractivity contribution >= 4 is 16.0 Å². The van der Waals surface area contributed by atoms with Crippen LogP contribution in [0.2, 0.25) is 0 Å². The number of H-pyrrole nitrogens is 1. The number of hydrogen-bond acceptors (Lipinski definition) is 3. The number of carboxylic acid groups (broad SMARTS) is 1. The minimum atomic E-state index is -3.67. The quantitative estimate of drug-likeness (QED) is 0.749. The van der Waals surface area contributed by atoms with Crippen LogP contribution < -0.4 is 4.72 Å². The van der Waals surface area contributed by atoms with Crippen LogP contribution in [0.1, 0.15) is 53.8 Å². The first-order chi connectivity index (χ1) is 9.83. The van der Waals surface area contributed by atoms with E-state index in [0.717, 1.165) is 6.42 Å². The lowest BCUT2D eigenvalue weighted by atomic mass is 10.1. The zero-order valence-corrected chi connectivity index (χ0v) is 13.2. The van der Waals surface area contributed by atoms with Gasteiger partial charge in [-0.15, -0.1) is 0 Å². The van der Waals surface area contributed by atoms with Crippen LogP contribution in [0, 0.1) is 19.8 Å². The van der Waals surface area contributed by atoms with E-state index < -0.39 is 16.0 Å². The molecule has 0 bridgehead atoms. The zero-order valence-electron chi connectivity index (χ0n) is 12.4. The van der Waals surface area contributed by atoms with E-state index in [4.69, 9.17) is 5.11 Å². The third-order valence-corrected chi connectivity index (χ3v) is 5.90. The molecule has 1 heterocycles. The lowest BCUT2D eigenvalue weighted by Gasteiger charge is -2.11. The molecule has 21 heavy (non-hydrogen) atoms. The second-order valence-corrected chi connectivity index (χ2v) is 7.43. The maximum Gasteiger partial charge on any atom is 0.352 e. The number of sulfonamides is 1. The summed E-state index contributed by atoms with van der Waals surface area (Å²) in [5.41, 5.74) is 0.551. The minimum Gasteiger partial charge on any atom is -0.477 e. The lowest BCUT2D eigenvalue weighted by Crippen LogP contribution is -2.26. The Labute approximate surface area is 125 Å². The molecule has 1 saturated carbocycles. The van der Waals surface area contributed by atoms with Crippen LogP contribution in [-0.2, 0) is 10.0 Å². The number of nitrogens with one attached hydrogen (secondary N) is 2. The van der Waals surface area contributed by atoms with Gasteiger partial charge in [-0.05, 0) is 26.2 Å². The van der Waals surface area contributed by atoms with Gasteiger partial charge in [-0.2, -0.15) is 0 Å². The largest absolute Gasteiger partial charge is 0.477 e. The molecule has 3 N–H and O–H groups in total. The summed E-state index contributed by atoms with van der Waals surface area (Å²) in [4.78, 5) is 13.7. The van der Waals surface area contributed by atoms with E-state index in [9.17, 15) is 13.2 Å². The molecule has 0 aromatic carbocycles. The van der Waals surface area contributed by atoms with Crippen molar-refractivity contribution in [2.75, 3.05) is 6.54 Å². The molecule has 2 rings (SSSR count). The second-order valence-electron chi connectivity index (χ2n) is 5.72. The third kappa shape index (κ3) is 3.47. The number of rotatable bonds is 6. The molecule has 0 amide bonds. The Morgan fingerprint density at radius 3 is 2.48 bits per heavy atom. The fourth-order valence-electron chi connectivity index (χ4n) is 3.12. The molecule has 1 aromatic heterocycles. The average Bonchev–Trinajstić information content (AvgIpc) is 2.97. The monoisotopic (exact) mass is 314 g/mol. The topological polar surface area (TPSA) is 99.3 Å². The molecule has 1 aromatic rings. The van der Waals surface area contributed by atoms with Crippen LogP contribution in [0.25, 0.3) is 0 Å². The second kappa shape index (κ2) is 6.19. The van der Waals surface area contributed by atoms with Gasteiger partial charge in [0.1, 0.15) is 10.6 Å². The van der Waals surface area contributed by atoms with E-state index >= 15 is 0 Å². The van der Waals surface area contributed by atoms with E-state index in [2.05, 4.69) is 9.71 Å². The fraction of sp³-hybridized carbons (Fsp3) is 0.643. The molecule has 1 fully saturated rings. The highest BCUT2D eigenvalue weighted by atomic mass is 32.2. The number of aromatic nitrogens is 1. The molecule has 118 valence electrons. The van der Waals surface area contributed by atoms with E-state index in [0.29, 0.717) is 18.2 Å². The lowest BCUT2D eigenvalue weighted by molar-refractivity contribution is 0.0690. The summed E-state index contributed by atoms with van der Waals surface area (Å²) >= 11 is 0. The van der Waals surface area contributed by atoms with Crippen LogP contribution in [0.4, 0.5) is 0 Å². The number of aromatic carboxylic acids is 1. The van der Waals surface area contributed by atoms with Gasteiger partial charge >= 0.3 is 5.97 Å². The first-order valence-electron chi connectivity index (χ1n) is 7.25. The zero-order chi connectivity index (χ0) is 15.6. The van der Waals surface area contributed by atoms with Crippen molar-refractivity contribution < 1.29 is 18.3 Å². The summed E-state index contributed by atoms with van der Waals surface area (Å²) in [7, 11) is -3.67. The Morgan fingerprint density at radius 1 is 1.33 bits per heavy atom. The Balaban J connectivity index is 2.10. The number of aromatic amines is 1. The number of carboxylic acids is 1. The van der Waals surface area contributed by atoms with Crippen molar-refractivity contribution in [3.05, 3.63) is 17.0 Å². The normalized spacial score (nSPS) is 16.5. The van der Waals surface area contributed by atoms with E-state index in [1.165, 1.54) is 32.6 Å². The predicted molar refractivity (Wildman–Crippen MR) is 79.0 cm³/mol. The van der Waals surface area contributed by atoms with Crippen molar-refractivity contribution in [3.63, 3.8) is 0 Å². The Morgan fingerprint density at radius 2 is 1.95 bits per heavy atom. The van der Waals surface area contributed by atoms with Gasteiger partial charge in [-0.1, -0.05) is 25.7 Å². The number of carbonyl (C=O) groups is 1. The highest BCUT2D eigenvalue weighted by molar-refractivity contribution is 7.89. The Kier molecular flexibility index (Phi) is 4.73. The van der Waals surface area contributed by atoms with Crippen LogP contribution in [0.15, 0.2) is 4.90 Å². The van der Waals surface area contributed by atoms with Crippen molar-refractivity contribution in [1.29, 1.82) is 0 Å². The number of hydrogen-bond donors (Lipinski definition) is 3. The standard InChI is InChI=1S/C14H22N2O4S/c1-9-12(14(17)18)16-10(2)13(9)21(19,20)15-8-7-11-5-3-4-6-11/h11,15-16H,3-8H2,1-2H3,(H,17,18). The molecule has 1 aliphatic rings. The third-order valence-electron chi connectivity index (χ3n) is 4.17. The summed E-state index contributed by atoms with van der Waals surface area (Å²) in [5.74, 6) is -0.543. The van der Waals surface area contributed by atoms with Crippen molar-refractivity contribution in [1.82, 2.24) is 9.71 Å². The molecule has 0 atom stereocenters. The molecule has 0 saturated heterocycles. The SMILES string of the molecule is Cc1[nH]c(C(=O)O)c(C)c1S(=O)(=O)NCCC1CCCC1. The van der Waals surface area contributed by atoms with Crippen LogP contribution in [0.3, 0.4) is 0 Å². The average molecular weight is 314 g/mol. The van der Waals surface area contributed by atoms with Crippen molar-refractivity contribution in [2.24, 2.45) is 5.92 Å². The highest BCUT2D eigenvalue weighted by Gasteiger charge is 2.26. The minimum absolute atomic E-state index is 0.0614. The van der Waals surface area contributed by atoms with Crippen LogP contribution in [0.5, 0.6) is 0 Å². The Hall–Kier alpha value is -1.34. The highest BCUT2D eigenvalue weighted by Crippen LogP contribution is 2.27. The summed E-state index contributed by atoms with van der Waals surface area (Å²) in [6, 6.07) is 0. The molecule has 0 unspecified atom stereocenters. The molecule has 0 spiro atoms. The van der Waals surface area contributed by atoms with Gasteiger partial charge in [-0.3, -0.25) is 0 Å². The maximum absolute atomic E-state index is 12.4. The Bertz CT molecular complexity index is 628. The van der Waals surface area contributed by atoms with Gasteiger partial charge in [0.05, 0.1) is 0 Å². The van der Waals surface area contributed by atoms with Crippen molar-refractivity contribution in [3.8, 4) is 0 Å². The van der Waals surface area contributed by atoms with Gasteiger partial charge < -0.3 is 10.1 Å².